The molecule has 1 amide bonds. The standard InChI is InChI=1S/C16H15N3O5/c1-9(16(22)23)14(18-7-6-17)15(21)19-11-4-2-10-3-5-13(20)24-12(10)8-11/h2-9H,17H2,1H3,(H,19,21)(H,22,23)/b7-6-,18-14?. The number of carbonyl (C=O) groups excluding carboxylic acids is 1. The third kappa shape index (κ3) is 3.86. The van der Waals surface area contributed by atoms with Gasteiger partial charge in [0.25, 0.3) is 5.91 Å². The fraction of sp³-hybridized carbons (Fsp3) is 0.125. The van der Waals surface area contributed by atoms with Gasteiger partial charge in [-0.05, 0) is 25.1 Å². The van der Waals surface area contributed by atoms with E-state index in [4.69, 9.17) is 15.3 Å². The first-order valence-electron chi connectivity index (χ1n) is 6.95. The highest BCUT2D eigenvalue weighted by atomic mass is 16.4. The molecule has 4 N–H and O–H groups in total. The first-order valence-corrected chi connectivity index (χ1v) is 6.95. The van der Waals surface area contributed by atoms with E-state index in [0.29, 0.717) is 16.7 Å². The van der Waals surface area contributed by atoms with Crippen molar-refractivity contribution in [1.29, 1.82) is 0 Å². The highest BCUT2D eigenvalue weighted by molar-refractivity contribution is 6.46. The van der Waals surface area contributed by atoms with Crippen molar-refractivity contribution in [2.24, 2.45) is 16.6 Å². The summed E-state index contributed by atoms with van der Waals surface area (Å²) in [6, 6.07) is 7.61. The highest BCUT2D eigenvalue weighted by Gasteiger charge is 2.24. The summed E-state index contributed by atoms with van der Waals surface area (Å²) in [6.07, 6.45) is 2.22. The number of benzene rings is 1. The van der Waals surface area contributed by atoms with Crippen molar-refractivity contribution in [3.8, 4) is 0 Å². The number of hydrogen-bond acceptors (Lipinski definition) is 6. The topological polar surface area (TPSA) is 135 Å². The normalized spacial score (nSPS) is 13.1. The minimum Gasteiger partial charge on any atom is -0.481 e. The van der Waals surface area contributed by atoms with Crippen LogP contribution in [0.4, 0.5) is 5.69 Å². The average Bonchev–Trinajstić information content (AvgIpc) is 2.54. The molecule has 0 spiro atoms. The number of aliphatic carboxylic acids is 1. The van der Waals surface area contributed by atoms with Crippen molar-refractivity contribution in [1.82, 2.24) is 0 Å². The Balaban J connectivity index is 2.32. The molecule has 0 fully saturated rings. The molecule has 0 radical (unpaired) electrons. The van der Waals surface area contributed by atoms with Gasteiger partial charge >= 0.3 is 11.6 Å². The Morgan fingerprint density at radius 2 is 2.04 bits per heavy atom. The summed E-state index contributed by atoms with van der Waals surface area (Å²) in [7, 11) is 0. The van der Waals surface area contributed by atoms with Crippen molar-refractivity contribution in [3.63, 3.8) is 0 Å². The number of anilines is 1. The molecule has 0 bridgehead atoms. The van der Waals surface area contributed by atoms with Gasteiger partial charge in [0.1, 0.15) is 17.2 Å². The van der Waals surface area contributed by atoms with Gasteiger partial charge in [0.15, 0.2) is 0 Å². The number of nitrogens with one attached hydrogen (secondary N) is 1. The summed E-state index contributed by atoms with van der Waals surface area (Å²) in [5, 5.41) is 12.3. The maximum absolute atomic E-state index is 12.3. The maximum Gasteiger partial charge on any atom is 0.336 e. The van der Waals surface area contributed by atoms with Crippen LogP contribution >= 0.6 is 0 Å². The fourth-order valence-corrected chi connectivity index (χ4v) is 1.94. The Hall–Kier alpha value is -3.42. The number of nitrogens with zero attached hydrogens (tertiary/aromatic N) is 1. The van der Waals surface area contributed by atoms with Crippen LogP contribution < -0.4 is 16.7 Å². The van der Waals surface area contributed by atoms with Gasteiger partial charge in [0.05, 0.1) is 0 Å². The number of carboxylic acid groups (broad SMARTS) is 1. The summed E-state index contributed by atoms with van der Waals surface area (Å²) < 4.78 is 5.04. The van der Waals surface area contributed by atoms with Crippen LogP contribution in [0.5, 0.6) is 0 Å². The van der Waals surface area contributed by atoms with Crippen LogP contribution in [-0.2, 0) is 9.59 Å². The van der Waals surface area contributed by atoms with Crippen molar-refractivity contribution < 1.29 is 19.1 Å². The number of carbonyl (C=O) groups is 2. The number of fused-ring (bicyclic) bond motifs is 1. The van der Waals surface area contributed by atoms with Gasteiger partial charge in [-0.15, -0.1) is 0 Å². The summed E-state index contributed by atoms with van der Waals surface area (Å²) >= 11 is 0. The molecule has 1 aromatic heterocycles. The first-order chi connectivity index (χ1) is 11.4. The Bertz CT molecular complexity index is 898. The summed E-state index contributed by atoms with van der Waals surface area (Å²) in [5.74, 6) is -3.01. The number of amides is 1. The van der Waals surface area contributed by atoms with Crippen LogP contribution in [0, 0.1) is 5.92 Å². The maximum atomic E-state index is 12.3. The smallest absolute Gasteiger partial charge is 0.336 e. The van der Waals surface area contributed by atoms with E-state index in [9.17, 15) is 14.4 Å². The molecule has 0 saturated carbocycles. The second-order valence-corrected chi connectivity index (χ2v) is 4.88. The molecule has 0 aliphatic rings. The highest BCUT2D eigenvalue weighted by Crippen LogP contribution is 2.18. The van der Waals surface area contributed by atoms with Gasteiger partial charge in [0.2, 0.25) is 0 Å². The fourth-order valence-electron chi connectivity index (χ4n) is 1.94. The van der Waals surface area contributed by atoms with E-state index in [2.05, 4.69) is 10.3 Å². The van der Waals surface area contributed by atoms with E-state index in [1.54, 1.807) is 18.2 Å². The number of nitrogens with two attached hydrogens (primary N) is 1. The molecule has 1 heterocycles. The Morgan fingerprint density at radius 3 is 2.71 bits per heavy atom. The zero-order valence-corrected chi connectivity index (χ0v) is 12.7. The second-order valence-electron chi connectivity index (χ2n) is 4.88. The SMILES string of the molecule is CC(C(=O)O)C(=N/C=C\N)C(=O)Nc1ccc2ccc(=O)oc2c1. The average molecular weight is 329 g/mol. The van der Waals surface area contributed by atoms with Gasteiger partial charge in [-0.1, -0.05) is 0 Å². The van der Waals surface area contributed by atoms with Crippen molar-refractivity contribution >= 4 is 34.2 Å². The van der Waals surface area contributed by atoms with Gasteiger partial charge in [0, 0.05) is 35.6 Å². The molecule has 0 aliphatic carbocycles. The predicted molar refractivity (Wildman–Crippen MR) is 88.7 cm³/mol. The molecule has 24 heavy (non-hydrogen) atoms. The molecule has 8 nitrogen and oxygen atoms in total. The molecule has 8 heteroatoms. The lowest BCUT2D eigenvalue weighted by Gasteiger charge is -2.11. The molecular weight excluding hydrogens is 314 g/mol. The minimum atomic E-state index is -1.20. The third-order valence-electron chi connectivity index (χ3n) is 3.19. The summed E-state index contributed by atoms with van der Waals surface area (Å²) in [5.41, 5.74) is 5.09. The predicted octanol–water partition coefficient (Wildman–Crippen LogP) is 1.32. The van der Waals surface area contributed by atoms with Gasteiger partial charge < -0.3 is 20.6 Å². The molecule has 0 aliphatic heterocycles. The van der Waals surface area contributed by atoms with Crippen LogP contribution in [-0.4, -0.2) is 22.7 Å². The first kappa shape index (κ1) is 16.9. The molecule has 1 atom stereocenters. The van der Waals surface area contributed by atoms with Crippen molar-refractivity contribution in [2.45, 2.75) is 6.92 Å². The van der Waals surface area contributed by atoms with Crippen LogP contribution in [0.2, 0.25) is 0 Å². The van der Waals surface area contributed by atoms with Crippen LogP contribution in [0.3, 0.4) is 0 Å². The van der Waals surface area contributed by atoms with Gasteiger partial charge in [-0.2, -0.15) is 0 Å². The van der Waals surface area contributed by atoms with E-state index >= 15 is 0 Å². The zero-order chi connectivity index (χ0) is 17.7. The molecular formula is C16H15N3O5. The summed E-state index contributed by atoms with van der Waals surface area (Å²) in [4.78, 5) is 38.4. The lowest BCUT2D eigenvalue weighted by atomic mass is 10.1. The molecule has 1 unspecified atom stereocenters. The lowest BCUT2D eigenvalue weighted by Crippen LogP contribution is -2.32. The van der Waals surface area contributed by atoms with E-state index < -0.39 is 23.4 Å². The largest absolute Gasteiger partial charge is 0.481 e. The van der Waals surface area contributed by atoms with Crippen molar-refractivity contribution in [3.05, 3.63) is 53.2 Å². The Morgan fingerprint density at radius 1 is 1.33 bits per heavy atom. The van der Waals surface area contributed by atoms with E-state index in [1.807, 2.05) is 0 Å². The Kier molecular flexibility index (Phi) is 5.10. The number of aliphatic imine (C=N–C) groups is 1. The molecule has 0 saturated heterocycles. The van der Waals surface area contributed by atoms with E-state index in [-0.39, 0.29) is 5.71 Å². The van der Waals surface area contributed by atoms with E-state index in [0.717, 1.165) is 12.4 Å². The molecule has 1 aromatic carbocycles. The van der Waals surface area contributed by atoms with Crippen LogP contribution in [0.15, 0.2) is 56.9 Å². The number of hydrogen-bond donors (Lipinski definition) is 3. The monoisotopic (exact) mass is 329 g/mol. The quantitative estimate of drug-likeness (QED) is 0.559. The van der Waals surface area contributed by atoms with Crippen LogP contribution in [0.25, 0.3) is 11.0 Å². The third-order valence-corrected chi connectivity index (χ3v) is 3.19. The number of carboxylic acids is 1. The summed E-state index contributed by atoms with van der Waals surface area (Å²) in [6.45, 7) is 1.34. The molecule has 2 aromatic rings. The zero-order valence-electron chi connectivity index (χ0n) is 12.7. The minimum absolute atomic E-state index is 0.209. The lowest BCUT2D eigenvalue weighted by molar-refractivity contribution is -0.139. The van der Waals surface area contributed by atoms with Crippen molar-refractivity contribution in [2.75, 3.05) is 5.32 Å². The second kappa shape index (κ2) is 7.23. The Labute approximate surface area is 136 Å². The van der Waals surface area contributed by atoms with Gasteiger partial charge in [-0.3, -0.25) is 14.6 Å². The van der Waals surface area contributed by atoms with E-state index in [1.165, 1.54) is 19.1 Å². The van der Waals surface area contributed by atoms with Gasteiger partial charge in [-0.25, -0.2) is 4.79 Å². The van der Waals surface area contributed by atoms with Crippen LogP contribution in [0.1, 0.15) is 6.92 Å². The number of rotatable bonds is 5. The molecule has 2 rings (SSSR count). The molecule has 124 valence electrons.